The first-order valence-electron chi connectivity index (χ1n) is 8.24. The molecule has 0 aliphatic carbocycles. The average Bonchev–Trinajstić information content (AvgIpc) is 2.61. The zero-order valence-corrected chi connectivity index (χ0v) is 14.4. The summed E-state index contributed by atoms with van der Waals surface area (Å²) in [5, 5.41) is 3.32. The van der Waals surface area contributed by atoms with E-state index in [2.05, 4.69) is 5.32 Å². The molecule has 1 fully saturated rings. The number of ether oxygens (including phenoxy) is 1. The molecule has 1 aromatic carbocycles. The highest BCUT2D eigenvalue weighted by Gasteiger charge is 2.27. The van der Waals surface area contributed by atoms with Gasteiger partial charge in [-0.3, -0.25) is 9.59 Å². The van der Waals surface area contributed by atoms with Gasteiger partial charge in [-0.1, -0.05) is 23.7 Å². The van der Waals surface area contributed by atoms with Crippen molar-refractivity contribution in [2.75, 3.05) is 32.8 Å². The van der Waals surface area contributed by atoms with E-state index in [-0.39, 0.29) is 30.8 Å². The van der Waals surface area contributed by atoms with Gasteiger partial charge in [0.25, 0.3) is 0 Å². The van der Waals surface area contributed by atoms with E-state index in [1.807, 2.05) is 12.1 Å². The molecule has 0 radical (unpaired) electrons. The molecule has 1 saturated heterocycles. The van der Waals surface area contributed by atoms with Crippen molar-refractivity contribution >= 4 is 23.4 Å². The van der Waals surface area contributed by atoms with E-state index in [9.17, 15) is 9.59 Å². The molecule has 1 aromatic rings. The van der Waals surface area contributed by atoms with Crippen LogP contribution in [0, 0.1) is 5.92 Å². The van der Waals surface area contributed by atoms with Crippen LogP contribution in [0.2, 0.25) is 5.02 Å². The third-order valence-electron chi connectivity index (χ3n) is 4.00. The Morgan fingerprint density at radius 2 is 2.17 bits per heavy atom. The lowest BCUT2D eigenvalue weighted by Crippen LogP contribution is -2.46. The molecule has 24 heavy (non-hydrogen) atoms. The molecule has 1 unspecified atom stereocenters. The molecule has 0 aromatic heterocycles. The highest BCUT2D eigenvalue weighted by atomic mass is 35.5. The smallest absolute Gasteiger partial charge is 0.226 e. The van der Waals surface area contributed by atoms with Crippen LogP contribution in [0.4, 0.5) is 0 Å². The molecule has 1 heterocycles. The van der Waals surface area contributed by atoms with Crippen LogP contribution in [-0.4, -0.2) is 49.5 Å². The number of hydrogen-bond donors (Lipinski definition) is 2. The fourth-order valence-electron chi connectivity index (χ4n) is 2.73. The minimum Gasteiger partial charge on any atom is -0.491 e. The van der Waals surface area contributed by atoms with Gasteiger partial charge in [-0.05, 0) is 25.0 Å². The molecular formula is C17H24ClN3O3. The number of benzene rings is 1. The molecule has 6 nitrogen and oxygen atoms in total. The number of carbonyl (C=O) groups is 2. The number of likely N-dealkylation sites (tertiary alicyclic amines) is 1. The van der Waals surface area contributed by atoms with Gasteiger partial charge >= 0.3 is 0 Å². The Balaban J connectivity index is 1.77. The van der Waals surface area contributed by atoms with Crippen LogP contribution in [0.25, 0.3) is 0 Å². The van der Waals surface area contributed by atoms with Crippen LogP contribution in [-0.2, 0) is 9.59 Å². The van der Waals surface area contributed by atoms with E-state index in [1.165, 1.54) is 0 Å². The number of nitrogens with one attached hydrogen (secondary N) is 1. The zero-order valence-electron chi connectivity index (χ0n) is 13.7. The fourth-order valence-corrected chi connectivity index (χ4v) is 2.92. The molecule has 1 aliphatic rings. The molecule has 3 N–H and O–H groups in total. The van der Waals surface area contributed by atoms with Crippen LogP contribution in [0.3, 0.4) is 0 Å². The Hall–Kier alpha value is -1.79. The summed E-state index contributed by atoms with van der Waals surface area (Å²) in [6.45, 7) is 2.30. The van der Waals surface area contributed by atoms with Gasteiger partial charge < -0.3 is 20.7 Å². The number of hydrogen-bond acceptors (Lipinski definition) is 4. The van der Waals surface area contributed by atoms with E-state index in [0.717, 1.165) is 12.8 Å². The molecule has 0 saturated carbocycles. The second kappa shape index (κ2) is 9.49. The van der Waals surface area contributed by atoms with Crippen LogP contribution < -0.4 is 15.8 Å². The van der Waals surface area contributed by atoms with E-state index >= 15 is 0 Å². The van der Waals surface area contributed by atoms with Crippen molar-refractivity contribution < 1.29 is 14.3 Å². The van der Waals surface area contributed by atoms with Crippen molar-refractivity contribution in [3.8, 4) is 5.75 Å². The van der Waals surface area contributed by atoms with Crippen molar-refractivity contribution in [2.45, 2.75) is 19.3 Å². The Bertz CT molecular complexity index is 568. The van der Waals surface area contributed by atoms with Gasteiger partial charge in [-0.2, -0.15) is 0 Å². The van der Waals surface area contributed by atoms with Crippen molar-refractivity contribution in [1.82, 2.24) is 10.2 Å². The van der Waals surface area contributed by atoms with Gasteiger partial charge in [0.05, 0.1) is 24.0 Å². The lowest BCUT2D eigenvalue weighted by atomic mass is 9.97. The van der Waals surface area contributed by atoms with Gasteiger partial charge in [-0.25, -0.2) is 0 Å². The lowest BCUT2D eigenvalue weighted by molar-refractivity contribution is -0.136. The molecule has 1 atom stereocenters. The number of nitrogens with zero attached hydrogens (tertiary/aromatic N) is 1. The van der Waals surface area contributed by atoms with Crippen LogP contribution in [0.1, 0.15) is 19.3 Å². The van der Waals surface area contributed by atoms with Gasteiger partial charge in [0, 0.05) is 26.2 Å². The topological polar surface area (TPSA) is 84.7 Å². The summed E-state index contributed by atoms with van der Waals surface area (Å²) in [6.07, 6.45) is 1.90. The van der Waals surface area contributed by atoms with Gasteiger partial charge in [-0.15, -0.1) is 0 Å². The summed E-state index contributed by atoms with van der Waals surface area (Å²) in [5.74, 6) is 0.395. The largest absolute Gasteiger partial charge is 0.491 e. The number of halogens is 1. The molecule has 0 spiro atoms. The van der Waals surface area contributed by atoms with Crippen LogP contribution >= 0.6 is 11.6 Å². The normalized spacial score (nSPS) is 17.4. The van der Waals surface area contributed by atoms with E-state index in [1.54, 1.807) is 17.0 Å². The summed E-state index contributed by atoms with van der Waals surface area (Å²) in [5.41, 5.74) is 5.39. The SMILES string of the molecule is NCCNC(=O)C1CCCN(C(=O)CCOc2ccccc2Cl)C1. The number of rotatable bonds is 7. The fraction of sp³-hybridized carbons (Fsp3) is 0.529. The van der Waals surface area contributed by atoms with Crippen molar-refractivity contribution in [2.24, 2.45) is 11.7 Å². The van der Waals surface area contributed by atoms with Gasteiger partial charge in [0.2, 0.25) is 11.8 Å². The van der Waals surface area contributed by atoms with E-state index < -0.39 is 0 Å². The first-order chi connectivity index (χ1) is 11.6. The average molecular weight is 354 g/mol. The lowest BCUT2D eigenvalue weighted by Gasteiger charge is -2.32. The molecular weight excluding hydrogens is 330 g/mol. The monoisotopic (exact) mass is 353 g/mol. The number of nitrogens with two attached hydrogens (primary N) is 1. The second-order valence-corrected chi connectivity index (χ2v) is 6.19. The predicted molar refractivity (Wildman–Crippen MR) is 92.9 cm³/mol. The standard InChI is InChI=1S/C17H24ClN3O3/c18-14-5-1-2-6-15(14)24-11-7-16(22)21-10-3-4-13(12-21)17(23)20-9-8-19/h1-2,5-6,13H,3-4,7-12,19H2,(H,20,23). The number of piperidine rings is 1. The number of para-hydroxylation sites is 1. The van der Waals surface area contributed by atoms with E-state index in [4.69, 9.17) is 22.1 Å². The highest BCUT2D eigenvalue weighted by Crippen LogP contribution is 2.23. The van der Waals surface area contributed by atoms with Crippen molar-refractivity contribution in [3.05, 3.63) is 29.3 Å². The summed E-state index contributed by atoms with van der Waals surface area (Å²) in [4.78, 5) is 26.1. The summed E-state index contributed by atoms with van der Waals surface area (Å²) >= 11 is 6.01. The van der Waals surface area contributed by atoms with Crippen LogP contribution in [0.5, 0.6) is 5.75 Å². The van der Waals surface area contributed by atoms with Gasteiger partial charge in [0.1, 0.15) is 5.75 Å². The number of amides is 2. The zero-order chi connectivity index (χ0) is 17.4. The van der Waals surface area contributed by atoms with Crippen LogP contribution in [0.15, 0.2) is 24.3 Å². The minimum absolute atomic E-state index is 0.00150. The van der Waals surface area contributed by atoms with Crippen molar-refractivity contribution in [3.63, 3.8) is 0 Å². The Morgan fingerprint density at radius 3 is 2.92 bits per heavy atom. The molecule has 2 rings (SSSR count). The molecule has 132 valence electrons. The Kier molecular flexibility index (Phi) is 7.34. The number of carbonyl (C=O) groups excluding carboxylic acids is 2. The molecule has 1 aliphatic heterocycles. The first-order valence-corrected chi connectivity index (χ1v) is 8.62. The first kappa shape index (κ1) is 18.5. The molecule has 0 bridgehead atoms. The quantitative estimate of drug-likeness (QED) is 0.776. The Labute approximate surface area is 147 Å². The molecule has 2 amide bonds. The second-order valence-electron chi connectivity index (χ2n) is 5.79. The highest BCUT2D eigenvalue weighted by molar-refractivity contribution is 6.32. The maximum atomic E-state index is 12.3. The predicted octanol–water partition coefficient (Wildman–Crippen LogP) is 1.42. The summed E-state index contributed by atoms with van der Waals surface area (Å²) < 4.78 is 5.55. The van der Waals surface area contributed by atoms with E-state index in [0.29, 0.717) is 37.0 Å². The third kappa shape index (κ3) is 5.39. The maximum absolute atomic E-state index is 12.3. The molecule has 7 heteroatoms. The Morgan fingerprint density at radius 1 is 1.38 bits per heavy atom. The minimum atomic E-state index is -0.154. The van der Waals surface area contributed by atoms with Gasteiger partial charge in [0.15, 0.2) is 0 Å². The summed E-state index contributed by atoms with van der Waals surface area (Å²) in [7, 11) is 0. The third-order valence-corrected chi connectivity index (χ3v) is 4.31. The summed E-state index contributed by atoms with van der Waals surface area (Å²) in [6, 6.07) is 7.17. The maximum Gasteiger partial charge on any atom is 0.226 e. The van der Waals surface area contributed by atoms with Crippen molar-refractivity contribution in [1.29, 1.82) is 0 Å².